The van der Waals surface area contributed by atoms with Gasteiger partial charge in [-0.25, -0.2) is 26.3 Å². The third-order valence-corrected chi connectivity index (χ3v) is 25.5. The van der Waals surface area contributed by atoms with Crippen molar-refractivity contribution < 1.29 is 26.3 Å². The molecule has 6 aromatic carbocycles. The van der Waals surface area contributed by atoms with E-state index in [1.54, 1.807) is 54.4 Å². The number of halogens is 6. The van der Waals surface area contributed by atoms with Crippen LogP contribution in [0.4, 0.5) is 26.3 Å². The Bertz CT molecular complexity index is 6350. The molecule has 0 unspecified atom stereocenters. The van der Waals surface area contributed by atoms with Crippen molar-refractivity contribution in [1.29, 1.82) is 0 Å². The van der Waals surface area contributed by atoms with Crippen LogP contribution in [0.1, 0.15) is 48.0 Å². The van der Waals surface area contributed by atoms with Gasteiger partial charge in [-0.3, -0.25) is 59.9 Å². The van der Waals surface area contributed by atoms with Crippen LogP contribution in [0, 0.1) is 34.9 Å². The third kappa shape index (κ3) is 15.5. The summed E-state index contributed by atoms with van der Waals surface area (Å²) in [6.45, 7) is 1.32. The van der Waals surface area contributed by atoms with Gasteiger partial charge in [-0.2, -0.15) is 34.0 Å². The first kappa shape index (κ1) is 76.7. The van der Waals surface area contributed by atoms with Crippen LogP contribution in [0.5, 0.6) is 0 Å². The molecule has 18 rings (SSSR count). The lowest BCUT2D eigenvalue weighted by molar-refractivity contribution is 0.594. The van der Waals surface area contributed by atoms with E-state index in [1.165, 1.54) is 114 Å². The number of hydrogen-bond donors (Lipinski definition) is 0. The first-order valence-corrected chi connectivity index (χ1v) is 39.7. The molecular formula is C72H42B15F6N12S6. The van der Waals surface area contributed by atoms with Crippen LogP contribution in [-0.4, -0.2) is 151 Å². The molecule has 6 aromatic heterocycles. The van der Waals surface area contributed by atoms with Gasteiger partial charge in [-0.1, -0.05) is 37.2 Å². The fourth-order valence-electron chi connectivity index (χ4n) is 14.1. The minimum absolute atomic E-state index is 0.00432. The van der Waals surface area contributed by atoms with E-state index < -0.39 is 29.1 Å². The largest absolute Gasteiger partial charge is 0.259 e. The zero-order valence-electron chi connectivity index (χ0n) is 58.6. The molecule has 513 valence electrons. The Labute approximate surface area is 671 Å². The average molecular weight is 1540 g/mol. The van der Waals surface area contributed by atoms with Gasteiger partial charge in [0.25, 0.3) is 0 Å². The molecule has 0 atom stereocenters. The smallest absolute Gasteiger partial charge is 0.134 e. The molecule has 12 nitrogen and oxygen atoms in total. The molecule has 0 saturated heterocycles. The van der Waals surface area contributed by atoms with Gasteiger partial charge in [-0.15, -0.1) is 34.0 Å². The molecule has 12 heterocycles. The van der Waals surface area contributed by atoms with Crippen molar-refractivity contribution in [3.05, 3.63) is 256 Å². The molecule has 0 spiro atoms. The molecule has 12 aromatic rings. The van der Waals surface area contributed by atoms with Crippen molar-refractivity contribution >= 4 is 193 Å². The van der Waals surface area contributed by atoms with E-state index in [1.807, 2.05) is 72.8 Å². The van der Waals surface area contributed by atoms with Gasteiger partial charge in [0.1, 0.15) is 96.4 Å². The normalized spacial score (nSPS) is 13.1. The lowest BCUT2D eigenvalue weighted by Crippen LogP contribution is -2.34. The van der Waals surface area contributed by atoms with Gasteiger partial charge < -0.3 is 0 Å². The van der Waals surface area contributed by atoms with Gasteiger partial charge in [0, 0.05) is 150 Å². The molecular weight excluding hydrogens is 1500 g/mol. The van der Waals surface area contributed by atoms with E-state index in [0.717, 1.165) is 58.2 Å². The standard InChI is InChI=1S/3C24H14B5F2N4S2/c25-27-8-13-1-2-16(36-13)19-14(30)6-11(21-23(19)34-9-32-21)5-12-7-15(31)20(24-22(12)33-10-35-24)17-3-4-18(37-17)28-29-26;25-27-8-12-1-2-18(36-12)20-16(31)6-11(21-24(20)35-9-32-21)5-13-15(30)7-14(23-22(13)33-10-34-23)17-3-4-19(37-17)28-29-26;25-27-8-11-1-2-18(36-11)14-6-16(30)12(21-23(14)34-9-32-21)5-13-17(31)7-15(24-22(13)33-10-35-24)19-3-4-20(37-19)28-29-26/h3*1-4,6-7H,5,8-10H2. The van der Waals surface area contributed by atoms with Gasteiger partial charge in [0.2, 0.25) is 0 Å². The molecule has 0 amide bonds. The lowest BCUT2D eigenvalue weighted by atomic mass is 9.28. The molecule has 0 N–H and O–H groups in total. The van der Waals surface area contributed by atoms with Gasteiger partial charge in [0.15, 0.2) is 0 Å². The number of hydrogen-bond acceptors (Lipinski definition) is 18. The van der Waals surface area contributed by atoms with Crippen LogP contribution in [0.2, 0.25) is 0 Å². The Morgan fingerprint density at radius 2 is 0.541 bits per heavy atom. The second kappa shape index (κ2) is 33.8. The first-order chi connectivity index (χ1) is 54.2. The van der Waals surface area contributed by atoms with E-state index in [0.29, 0.717) is 150 Å². The van der Waals surface area contributed by atoms with Crippen LogP contribution in [0.15, 0.2) is 169 Å². The zero-order chi connectivity index (χ0) is 76.6. The van der Waals surface area contributed by atoms with E-state index in [2.05, 4.69) is 59.9 Å². The fourth-order valence-corrected chi connectivity index (χ4v) is 20.0. The molecule has 6 aliphatic rings. The van der Waals surface area contributed by atoms with Crippen molar-refractivity contribution in [2.75, 3.05) is 40.0 Å². The third-order valence-electron chi connectivity index (χ3n) is 18.9. The number of nitrogens with zero attached hydrogens (tertiary/aromatic N) is 12. The van der Waals surface area contributed by atoms with Crippen molar-refractivity contribution in [3.63, 3.8) is 0 Å². The molecule has 6 aliphatic heterocycles. The topological polar surface area (TPSA) is 148 Å². The molecule has 111 heavy (non-hydrogen) atoms. The molecule has 0 fully saturated rings. The van der Waals surface area contributed by atoms with Crippen molar-refractivity contribution in [3.8, 4) is 62.6 Å². The highest BCUT2D eigenvalue weighted by Crippen LogP contribution is 2.33. The van der Waals surface area contributed by atoms with E-state index in [4.69, 9.17) is 46.4 Å². The summed E-state index contributed by atoms with van der Waals surface area (Å²) in [5, 5.41) is 6.80. The van der Waals surface area contributed by atoms with Gasteiger partial charge in [-0.05, 0) is 137 Å². The van der Waals surface area contributed by atoms with Crippen LogP contribution in [0.3, 0.4) is 0 Å². The monoisotopic (exact) mass is 1550 g/mol. The Kier molecular flexibility index (Phi) is 23.3. The fraction of sp³-hybridized carbons (Fsp3) is 0.167. The van der Waals surface area contributed by atoms with E-state index >= 15 is 26.3 Å². The quantitative estimate of drug-likeness (QED) is 0.0646. The highest BCUT2D eigenvalue weighted by Gasteiger charge is 2.27. The van der Waals surface area contributed by atoms with E-state index in [9.17, 15) is 0 Å². The summed E-state index contributed by atoms with van der Waals surface area (Å²) in [5.41, 5.74) is 6.21. The number of rotatable bonds is 24. The second-order valence-electron chi connectivity index (χ2n) is 25.6. The van der Waals surface area contributed by atoms with Crippen LogP contribution in [0.25, 0.3) is 62.6 Å². The summed E-state index contributed by atoms with van der Waals surface area (Å²) in [4.78, 5) is 62.2. The van der Waals surface area contributed by atoms with Crippen LogP contribution in [-0.2, 0) is 38.2 Å². The predicted octanol–water partition coefficient (Wildman–Crippen LogP) is 2.26. The number of thiophene rings is 6. The van der Waals surface area contributed by atoms with Crippen molar-refractivity contribution in [1.82, 2.24) is 0 Å². The second-order valence-corrected chi connectivity index (χ2v) is 32.4. The van der Waals surface area contributed by atoms with Crippen molar-refractivity contribution in [2.24, 2.45) is 59.9 Å². The van der Waals surface area contributed by atoms with Crippen LogP contribution >= 0.6 is 68.0 Å². The van der Waals surface area contributed by atoms with Gasteiger partial charge in [0.05, 0.1) is 102 Å². The molecule has 0 saturated carbocycles. The maximum atomic E-state index is 15.6. The minimum Gasteiger partial charge on any atom is -0.259 e. The zero-order valence-corrected chi connectivity index (χ0v) is 63.5. The van der Waals surface area contributed by atoms with Crippen molar-refractivity contribution in [2.45, 2.75) is 38.2 Å². The van der Waals surface area contributed by atoms with Gasteiger partial charge >= 0.3 is 0 Å². The summed E-state index contributed by atoms with van der Waals surface area (Å²) in [7, 11) is 47.7. The van der Waals surface area contributed by atoms with Crippen LogP contribution < -0.4 is 78.6 Å². The highest BCUT2D eigenvalue weighted by atomic mass is 32.1. The number of fused-ring (bicyclic) bond motifs is 6. The summed E-state index contributed by atoms with van der Waals surface area (Å²) < 4.78 is 96.3. The predicted molar refractivity (Wildman–Crippen MR) is 446 cm³/mol. The van der Waals surface area contributed by atoms with E-state index in [-0.39, 0.29) is 65.1 Å². The number of benzene rings is 6. The molecule has 39 heteroatoms. The SMILES string of the molecule is [B][B][B]c1ccc(-c2c(F)cc(Cc3cc(F)c(-c4ccc(C[B][B])s4)c4c3=NCN=4)c3c2=NCN=3)s1.[B][B][B]c1ccc(-c2cc(F)c(Cc3c(F)cc(-c4ccc(C[B][B])s4)c4c3=NCN=4)c3c2=NCN=3)s1.[B][B][B]c1ccc(-c2cc(F)c(Cc3cc(F)c(-c4ccc(C[B][B])s4)c4c3=NCN=4)c3c2=NCN=3)s1. The Morgan fingerprint density at radius 1 is 0.270 bits per heavy atom. The summed E-state index contributed by atoms with van der Waals surface area (Å²) in [6, 6.07) is 31.8. The Morgan fingerprint density at radius 3 is 0.901 bits per heavy atom. The maximum Gasteiger partial charge on any atom is 0.134 e. The molecule has 0 aliphatic carbocycles. The Balaban J connectivity index is 0.000000126. The summed E-state index contributed by atoms with van der Waals surface area (Å²) in [5.74, 6) is -2.49. The first-order valence-electron chi connectivity index (χ1n) is 34.8. The molecule has 21 radical (unpaired) electrons. The average Bonchev–Trinajstić information content (AvgIpc) is 1.68. The highest BCUT2D eigenvalue weighted by molar-refractivity contribution is 7.39. The maximum absolute atomic E-state index is 15.6. The Hall–Kier alpha value is -8.33. The summed E-state index contributed by atoms with van der Waals surface area (Å²) >= 11 is 8.91. The lowest BCUT2D eigenvalue weighted by Gasteiger charge is -2.09. The molecule has 0 bridgehead atoms. The minimum atomic E-state index is -0.452. The summed E-state index contributed by atoms with van der Waals surface area (Å²) in [6.07, 6.45) is 2.27.